The highest BCUT2D eigenvalue weighted by atomic mass is 32.2. The summed E-state index contributed by atoms with van der Waals surface area (Å²) in [6.45, 7) is 2.04. The maximum Gasteiger partial charge on any atom is 0.204 e. The van der Waals surface area contributed by atoms with E-state index in [4.69, 9.17) is 9.15 Å². The molecular weight excluding hydrogens is 416 g/mol. The fourth-order valence-corrected chi connectivity index (χ4v) is 4.60. The molecule has 152 valence electrons. The van der Waals surface area contributed by atoms with E-state index < -0.39 is 0 Å². The highest BCUT2D eigenvalue weighted by Crippen LogP contribution is 2.29. The number of oxazole rings is 1. The first kappa shape index (κ1) is 20.4. The molecule has 2 heterocycles. The zero-order chi connectivity index (χ0) is 20.8. The number of ketones is 1. The first-order valence-corrected chi connectivity index (χ1v) is 11.4. The monoisotopic (exact) mass is 436 g/mol. The Balaban J connectivity index is 1.31. The number of para-hydroxylation sites is 1. The van der Waals surface area contributed by atoms with Crippen molar-refractivity contribution in [2.45, 2.75) is 29.7 Å². The zero-order valence-electron chi connectivity index (χ0n) is 16.4. The number of thioether (sulfide) groups is 1. The van der Waals surface area contributed by atoms with Crippen LogP contribution in [0.2, 0.25) is 0 Å². The Kier molecular flexibility index (Phi) is 6.61. The van der Waals surface area contributed by atoms with Crippen molar-refractivity contribution in [1.82, 2.24) is 9.97 Å². The van der Waals surface area contributed by atoms with Gasteiger partial charge in [-0.3, -0.25) is 4.79 Å². The second kappa shape index (κ2) is 9.73. The molecule has 0 N–H and O–H groups in total. The highest BCUT2D eigenvalue weighted by molar-refractivity contribution is 8.00. The second-order valence-electron chi connectivity index (χ2n) is 6.48. The molecule has 0 aliphatic carbocycles. The van der Waals surface area contributed by atoms with Crippen LogP contribution in [0.3, 0.4) is 0 Å². The predicted molar refractivity (Wildman–Crippen MR) is 119 cm³/mol. The Labute approximate surface area is 183 Å². The first-order valence-electron chi connectivity index (χ1n) is 9.57. The van der Waals surface area contributed by atoms with Crippen molar-refractivity contribution in [3.63, 3.8) is 0 Å². The molecule has 0 amide bonds. The van der Waals surface area contributed by atoms with Gasteiger partial charge in [0.2, 0.25) is 5.89 Å². The maximum absolute atomic E-state index is 12.6. The van der Waals surface area contributed by atoms with Gasteiger partial charge < -0.3 is 9.15 Å². The third kappa shape index (κ3) is 5.37. The van der Waals surface area contributed by atoms with E-state index in [-0.39, 0.29) is 12.2 Å². The number of rotatable bonds is 9. The summed E-state index contributed by atoms with van der Waals surface area (Å²) in [6, 6.07) is 16.8. The van der Waals surface area contributed by atoms with Gasteiger partial charge in [0.15, 0.2) is 5.78 Å². The van der Waals surface area contributed by atoms with Crippen LogP contribution >= 0.6 is 23.1 Å². The quantitative estimate of drug-likeness (QED) is 0.230. The molecule has 5 nitrogen and oxygen atoms in total. The topological polar surface area (TPSA) is 65.2 Å². The molecule has 0 saturated heterocycles. The van der Waals surface area contributed by atoms with E-state index in [0.717, 1.165) is 27.1 Å². The Morgan fingerprint density at radius 2 is 1.80 bits per heavy atom. The minimum absolute atomic E-state index is 0.0347. The van der Waals surface area contributed by atoms with E-state index in [1.54, 1.807) is 36.3 Å². The summed E-state index contributed by atoms with van der Waals surface area (Å²) in [5.41, 5.74) is 0.645. The summed E-state index contributed by atoms with van der Waals surface area (Å²) >= 11 is 3.15. The lowest BCUT2D eigenvalue weighted by atomic mass is 10.1. The fourth-order valence-electron chi connectivity index (χ4n) is 2.73. The molecule has 30 heavy (non-hydrogen) atoms. The molecule has 0 aliphatic rings. The zero-order valence-corrected chi connectivity index (χ0v) is 18.0. The van der Waals surface area contributed by atoms with Gasteiger partial charge in [0.1, 0.15) is 22.3 Å². The summed E-state index contributed by atoms with van der Waals surface area (Å²) in [5, 5.41) is 0.800. The van der Waals surface area contributed by atoms with E-state index in [2.05, 4.69) is 9.97 Å². The Morgan fingerprint density at radius 1 is 1.03 bits per heavy atom. The summed E-state index contributed by atoms with van der Waals surface area (Å²) in [7, 11) is 0. The number of Topliss-reactive ketones (excluding diaryl/α,β-unsaturated/α-hetero) is 1. The van der Waals surface area contributed by atoms with Crippen LogP contribution in [-0.2, 0) is 18.6 Å². The van der Waals surface area contributed by atoms with Gasteiger partial charge in [0, 0.05) is 12.0 Å². The lowest BCUT2D eigenvalue weighted by molar-refractivity contribution is 0.0993. The van der Waals surface area contributed by atoms with E-state index in [9.17, 15) is 4.79 Å². The molecule has 0 bridgehead atoms. The minimum atomic E-state index is 0.0347. The smallest absolute Gasteiger partial charge is 0.204 e. The lowest BCUT2D eigenvalue weighted by Gasteiger charge is -2.06. The van der Waals surface area contributed by atoms with Crippen molar-refractivity contribution >= 4 is 28.9 Å². The van der Waals surface area contributed by atoms with Crippen LogP contribution in [-0.4, -0.2) is 15.8 Å². The van der Waals surface area contributed by atoms with Gasteiger partial charge in [-0.25, -0.2) is 9.97 Å². The largest absolute Gasteiger partial charge is 0.457 e. The molecule has 4 rings (SSSR count). The second-order valence-corrected chi connectivity index (χ2v) is 8.87. The molecule has 0 unspecified atom stereocenters. The average molecular weight is 437 g/mol. The number of carbonyl (C=O) groups is 1. The molecule has 0 radical (unpaired) electrons. The van der Waals surface area contributed by atoms with E-state index in [1.165, 1.54) is 11.3 Å². The minimum Gasteiger partial charge on any atom is -0.457 e. The molecule has 0 saturated carbocycles. The van der Waals surface area contributed by atoms with Crippen molar-refractivity contribution in [3.8, 4) is 11.5 Å². The molecule has 2 aromatic carbocycles. The Morgan fingerprint density at radius 3 is 2.53 bits per heavy atom. The predicted octanol–water partition coefficient (Wildman–Crippen LogP) is 6.20. The first-order chi connectivity index (χ1) is 14.7. The van der Waals surface area contributed by atoms with Gasteiger partial charge in [-0.15, -0.1) is 23.1 Å². The normalized spacial score (nSPS) is 10.8. The Hall–Kier alpha value is -2.90. The van der Waals surface area contributed by atoms with Crippen LogP contribution in [0.25, 0.3) is 0 Å². The number of aryl methyl sites for hydroxylation is 1. The summed E-state index contributed by atoms with van der Waals surface area (Å²) in [5.74, 6) is 3.75. The molecule has 7 heteroatoms. The van der Waals surface area contributed by atoms with Gasteiger partial charge in [-0.1, -0.05) is 25.1 Å². The third-order valence-electron chi connectivity index (χ3n) is 4.29. The number of thiazole rings is 1. The van der Waals surface area contributed by atoms with Crippen molar-refractivity contribution in [1.29, 1.82) is 0 Å². The average Bonchev–Trinajstić information content (AvgIpc) is 3.42. The maximum atomic E-state index is 12.6. The van der Waals surface area contributed by atoms with Gasteiger partial charge in [-0.05, 0) is 36.4 Å². The van der Waals surface area contributed by atoms with Crippen LogP contribution in [0, 0.1) is 0 Å². The SMILES string of the molecule is CCc1cnc(CSc2cnc(CC(=O)c3ccc(Oc4ccccc4)cc3)s2)o1. The van der Waals surface area contributed by atoms with Crippen LogP contribution in [0.5, 0.6) is 11.5 Å². The molecular formula is C23H20N2O3S2. The highest BCUT2D eigenvalue weighted by Gasteiger charge is 2.12. The lowest BCUT2D eigenvalue weighted by Crippen LogP contribution is -2.02. The number of hydrogen-bond acceptors (Lipinski definition) is 7. The standard InChI is InChI=1S/C23H20N2O3S2/c1-2-17-13-24-21(28-17)15-29-23-14-25-22(30-23)12-20(26)16-8-10-19(11-9-16)27-18-6-4-3-5-7-18/h3-11,13-14H,2,12,15H2,1H3. The van der Waals surface area contributed by atoms with Crippen LogP contribution < -0.4 is 4.74 Å². The third-order valence-corrected chi connectivity index (χ3v) is 6.46. The fraction of sp³-hybridized carbons (Fsp3) is 0.174. The molecule has 0 fully saturated rings. The van der Waals surface area contributed by atoms with Crippen molar-refractivity contribution in [2.24, 2.45) is 0 Å². The van der Waals surface area contributed by atoms with E-state index >= 15 is 0 Å². The number of ether oxygens (including phenoxy) is 1. The van der Waals surface area contributed by atoms with Gasteiger partial charge in [0.25, 0.3) is 0 Å². The number of carbonyl (C=O) groups excluding carboxylic acids is 1. The van der Waals surface area contributed by atoms with Crippen molar-refractivity contribution < 1.29 is 13.9 Å². The molecule has 4 aromatic rings. The number of benzene rings is 2. The van der Waals surface area contributed by atoms with Crippen LogP contribution in [0.4, 0.5) is 0 Å². The van der Waals surface area contributed by atoms with Crippen molar-refractivity contribution in [3.05, 3.63) is 89.2 Å². The molecule has 0 aliphatic heterocycles. The molecule has 0 spiro atoms. The summed E-state index contributed by atoms with van der Waals surface area (Å²) in [4.78, 5) is 21.3. The molecule has 0 atom stereocenters. The van der Waals surface area contributed by atoms with Gasteiger partial charge in [0.05, 0.1) is 28.8 Å². The van der Waals surface area contributed by atoms with Crippen LogP contribution in [0.15, 0.2) is 75.6 Å². The number of hydrogen-bond donors (Lipinski definition) is 0. The van der Waals surface area contributed by atoms with Gasteiger partial charge >= 0.3 is 0 Å². The van der Waals surface area contributed by atoms with Gasteiger partial charge in [-0.2, -0.15) is 0 Å². The number of nitrogens with zero attached hydrogens (tertiary/aromatic N) is 2. The Bertz CT molecular complexity index is 1100. The number of aromatic nitrogens is 2. The van der Waals surface area contributed by atoms with E-state index in [0.29, 0.717) is 23.0 Å². The van der Waals surface area contributed by atoms with Crippen molar-refractivity contribution in [2.75, 3.05) is 0 Å². The van der Waals surface area contributed by atoms with E-state index in [1.807, 2.05) is 49.4 Å². The summed E-state index contributed by atoms with van der Waals surface area (Å²) < 4.78 is 12.4. The summed E-state index contributed by atoms with van der Waals surface area (Å²) in [6.07, 6.45) is 4.69. The van der Waals surface area contributed by atoms with Crippen LogP contribution in [0.1, 0.15) is 33.9 Å². The molecule has 2 aromatic heterocycles.